The molecule has 7 nitrogen and oxygen atoms in total. The van der Waals surface area contributed by atoms with Crippen molar-refractivity contribution in [2.75, 3.05) is 16.4 Å². The van der Waals surface area contributed by atoms with E-state index >= 15 is 0 Å². The van der Waals surface area contributed by atoms with E-state index in [9.17, 15) is 18.0 Å². The molecular formula is C17H20N2O5S2. The monoisotopic (exact) mass is 396 g/mol. The van der Waals surface area contributed by atoms with Crippen LogP contribution in [0, 0.1) is 13.8 Å². The Morgan fingerprint density at radius 3 is 2.46 bits per heavy atom. The van der Waals surface area contributed by atoms with Gasteiger partial charge in [0, 0.05) is 17.4 Å². The zero-order chi connectivity index (χ0) is 19.1. The highest BCUT2D eigenvalue weighted by Crippen LogP contribution is 2.41. The molecule has 2 fully saturated rings. The molecule has 1 N–H and O–H groups in total. The van der Waals surface area contributed by atoms with Crippen molar-refractivity contribution in [1.29, 1.82) is 0 Å². The van der Waals surface area contributed by atoms with Crippen LogP contribution in [-0.2, 0) is 19.4 Å². The molecule has 2 heterocycles. The number of hydrogen-bond acceptors (Lipinski definition) is 5. The Labute approximate surface area is 156 Å². The number of benzene rings is 1. The van der Waals surface area contributed by atoms with Crippen molar-refractivity contribution in [3.05, 3.63) is 29.3 Å². The number of sulfone groups is 1. The van der Waals surface area contributed by atoms with Gasteiger partial charge in [0.1, 0.15) is 0 Å². The van der Waals surface area contributed by atoms with Crippen molar-refractivity contribution in [3.63, 3.8) is 0 Å². The Morgan fingerprint density at radius 2 is 1.85 bits per heavy atom. The van der Waals surface area contributed by atoms with Crippen LogP contribution in [0.3, 0.4) is 0 Å². The van der Waals surface area contributed by atoms with E-state index in [2.05, 4.69) is 4.99 Å². The van der Waals surface area contributed by atoms with Crippen molar-refractivity contribution >= 4 is 44.3 Å². The highest BCUT2D eigenvalue weighted by Gasteiger charge is 2.49. The highest BCUT2D eigenvalue weighted by molar-refractivity contribution is 8.16. The van der Waals surface area contributed by atoms with E-state index in [0.29, 0.717) is 5.17 Å². The molecule has 1 aromatic carbocycles. The van der Waals surface area contributed by atoms with Gasteiger partial charge in [0.15, 0.2) is 15.0 Å². The minimum absolute atomic E-state index is 0.0278. The summed E-state index contributed by atoms with van der Waals surface area (Å²) in [6.45, 7) is 3.91. The van der Waals surface area contributed by atoms with Gasteiger partial charge in [0.25, 0.3) is 0 Å². The molecule has 0 spiro atoms. The second-order valence-corrected chi connectivity index (χ2v) is 10.1. The van der Waals surface area contributed by atoms with Crippen LogP contribution in [-0.4, -0.2) is 53.4 Å². The summed E-state index contributed by atoms with van der Waals surface area (Å²) in [6, 6.07) is 5.64. The van der Waals surface area contributed by atoms with Crippen LogP contribution >= 0.6 is 11.8 Å². The first-order valence-corrected chi connectivity index (χ1v) is 10.9. The van der Waals surface area contributed by atoms with E-state index in [-0.39, 0.29) is 35.6 Å². The minimum Gasteiger partial charge on any atom is -0.481 e. The maximum absolute atomic E-state index is 12.1. The second kappa shape index (κ2) is 7.03. The van der Waals surface area contributed by atoms with E-state index in [1.165, 1.54) is 11.8 Å². The van der Waals surface area contributed by atoms with Crippen LogP contribution in [0.5, 0.6) is 0 Å². The molecular weight excluding hydrogens is 376 g/mol. The summed E-state index contributed by atoms with van der Waals surface area (Å²) in [7, 11) is -3.12. The summed E-state index contributed by atoms with van der Waals surface area (Å²) in [5, 5.41) is 9.00. The topological polar surface area (TPSA) is 104 Å². The Balaban J connectivity index is 1.96. The van der Waals surface area contributed by atoms with Gasteiger partial charge in [-0.25, -0.2) is 8.42 Å². The molecule has 2 atom stereocenters. The van der Waals surface area contributed by atoms with E-state index in [0.717, 1.165) is 16.8 Å². The van der Waals surface area contributed by atoms with Crippen molar-refractivity contribution in [2.45, 2.75) is 38.0 Å². The van der Waals surface area contributed by atoms with E-state index in [1.54, 1.807) is 0 Å². The number of carboxylic acids is 1. The number of amidine groups is 1. The zero-order valence-corrected chi connectivity index (χ0v) is 16.1. The van der Waals surface area contributed by atoms with Crippen molar-refractivity contribution in [2.24, 2.45) is 4.99 Å². The molecule has 0 saturated carbocycles. The number of carbonyl (C=O) groups is 2. The van der Waals surface area contributed by atoms with Gasteiger partial charge in [-0.1, -0.05) is 17.8 Å². The number of aryl methyl sites for hydroxylation is 2. The lowest BCUT2D eigenvalue weighted by molar-refractivity contribution is -0.138. The average Bonchev–Trinajstić information content (AvgIpc) is 2.94. The van der Waals surface area contributed by atoms with Gasteiger partial charge < -0.3 is 10.0 Å². The third kappa shape index (κ3) is 4.09. The maximum Gasteiger partial charge on any atom is 0.303 e. The second-order valence-electron chi connectivity index (χ2n) is 6.70. The lowest BCUT2D eigenvalue weighted by atomic mass is 10.1. The molecule has 2 aliphatic rings. The van der Waals surface area contributed by atoms with E-state index in [4.69, 9.17) is 5.11 Å². The number of aliphatic imine (C=N–C) groups is 1. The summed E-state index contributed by atoms with van der Waals surface area (Å²) in [5.74, 6) is -1.47. The van der Waals surface area contributed by atoms with E-state index < -0.39 is 21.7 Å². The van der Waals surface area contributed by atoms with E-state index in [1.807, 2.05) is 36.9 Å². The number of rotatable bonds is 4. The average molecular weight is 396 g/mol. The molecule has 0 aromatic heterocycles. The first-order valence-electron chi connectivity index (χ1n) is 8.22. The summed E-state index contributed by atoms with van der Waals surface area (Å²) >= 11 is 1.29. The molecule has 2 aliphatic heterocycles. The molecule has 140 valence electrons. The van der Waals surface area contributed by atoms with Gasteiger partial charge in [-0.15, -0.1) is 0 Å². The van der Waals surface area contributed by atoms with Crippen LogP contribution in [0.25, 0.3) is 0 Å². The quantitative estimate of drug-likeness (QED) is 0.827. The third-order valence-corrected chi connectivity index (χ3v) is 7.53. The van der Waals surface area contributed by atoms with Crippen molar-refractivity contribution in [3.8, 4) is 0 Å². The zero-order valence-electron chi connectivity index (χ0n) is 14.5. The first-order chi connectivity index (χ1) is 12.1. The van der Waals surface area contributed by atoms with Gasteiger partial charge in [0.05, 0.1) is 24.0 Å². The summed E-state index contributed by atoms with van der Waals surface area (Å²) in [6.07, 6.45) is -0.446. The summed E-state index contributed by atoms with van der Waals surface area (Å²) in [5.41, 5.74) is 2.88. The number of thioether (sulfide) groups is 1. The summed E-state index contributed by atoms with van der Waals surface area (Å²) in [4.78, 5) is 28.6. The van der Waals surface area contributed by atoms with Gasteiger partial charge in [-0.2, -0.15) is 4.99 Å². The Morgan fingerprint density at radius 1 is 1.19 bits per heavy atom. The Kier molecular flexibility index (Phi) is 5.12. The number of nitrogens with zero attached hydrogens (tertiary/aromatic N) is 2. The number of fused-ring (bicyclic) bond motifs is 1. The minimum atomic E-state index is -3.12. The molecule has 1 aromatic rings. The number of amides is 1. The predicted molar refractivity (Wildman–Crippen MR) is 102 cm³/mol. The fourth-order valence-corrected chi connectivity index (χ4v) is 7.26. The summed E-state index contributed by atoms with van der Waals surface area (Å²) < 4.78 is 24.1. The predicted octanol–water partition coefficient (Wildman–Crippen LogP) is 1.77. The van der Waals surface area contributed by atoms with Crippen molar-refractivity contribution < 1.29 is 23.1 Å². The normalized spacial score (nSPS) is 25.5. The molecule has 0 bridgehead atoms. The smallest absolute Gasteiger partial charge is 0.303 e. The maximum atomic E-state index is 12.1. The standard InChI is InChI=1S/C17H20N2O5S2/c1-10-5-11(2)7-12(6-10)19-13-8-26(23,24)9-14(13)25-17(19)18-15(20)3-4-16(21)22/h5-7,13-14H,3-4,8-9H2,1-2H3,(H,21,22)/t13-,14+/m0/s1. The van der Waals surface area contributed by atoms with Crippen LogP contribution in [0.2, 0.25) is 0 Å². The molecule has 9 heteroatoms. The molecule has 0 unspecified atom stereocenters. The van der Waals surface area contributed by atoms with Crippen molar-refractivity contribution in [1.82, 2.24) is 0 Å². The number of anilines is 1. The number of aliphatic carboxylic acids is 1. The molecule has 3 rings (SSSR count). The fourth-order valence-electron chi connectivity index (χ4n) is 3.33. The number of hydrogen-bond donors (Lipinski definition) is 1. The van der Waals surface area contributed by atoms with Gasteiger partial charge in [0.2, 0.25) is 5.91 Å². The first kappa shape index (κ1) is 18.9. The van der Waals surface area contributed by atoms with Gasteiger partial charge in [-0.3, -0.25) is 9.59 Å². The molecule has 2 saturated heterocycles. The van der Waals surface area contributed by atoms with Gasteiger partial charge >= 0.3 is 5.97 Å². The molecule has 1 amide bonds. The highest BCUT2D eigenvalue weighted by atomic mass is 32.2. The van der Waals surface area contributed by atoms with Crippen LogP contribution in [0.4, 0.5) is 5.69 Å². The fraction of sp³-hybridized carbons (Fsp3) is 0.471. The Hall–Kier alpha value is -1.87. The number of carbonyl (C=O) groups excluding carboxylic acids is 1. The van der Waals surface area contributed by atoms with Crippen LogP contribution in [0.1, 0.15) is 24.0 Å². The Bertz CT molecular complexity index is 874. The lowest BCUT2D eigenvalue weighted by Crippen LogP contribution is -2.37. The largest absolute Gasteiger partial charge is 0.481 e. The molecule has 26 heavy (non-hydrogen) atoms. The lowest BCUT2D eigenvalue weighted by Gasteiger charge is -2.25. The molecule has 0 radical (unpaired) electrons. The van der Waals surface area contributed by atoms with Crippen LogP contribution in [0.15, 0.2) is 23.2 Å². The van der Waals surface area contributed by atoms with Gasteiger partial charge in [-0.05, 0) is 37.1 Å². The SMILES string of the molecule is Cc1cc(C)cc(N2C(=NC(=O)CCC(=O)O)S[C@@H]3CS(=O)(=O)C[C@@H]32)c1. The van der Waals surface area contributed by atoms with Crippen LogP contribution < -0.4 is 4.90 Å². The molecule has 0 aliphatic carbocycles. The third-order valence-electron chi connectivity index (χ3n) is 4.32. The number of carboxylic acid groups (broad SMARTS) is 1.